The van der Waals surface area contributed by atoms with E-state index in [1.165, 1.54) is 6.42 Å². The largest absolute Gasteiger partial charge is 0.369 e. The van der Waals surface area contributed by atoms with Crippen LogP contribution in [0.2, 0.25) is 0 Å². The molecule has 32 heavy (non-hydrogen) atoms. The highest BCUT2D eigenvalue weighted by atomic mass is 16.2. The van der Waals surface area contributed by atoms with E-state index in [-0.39, 0.29) is 23.7 Å². The number of likely N-dealkylation sites (tertiary alicyclic amines) is 1. The van der Waals surface area contributed by atoms with Crippen molar-refractivity contribution in [2.45, 2.75) is 51.4 Å². The van der Waals surface area contributed by atoms with Crippen molar-refractivity contribution >= 4 is 29.1 Å². The first kappa shape index (κ1) is 21.3. The van der Waals surface area contributed by atoms with Crippen molar-refractivity contribution in [1.29, 1.82) is 0 Å². The minimum atomic E-state index is 0.0531. The average molecular weight is 439 g/mol. The van der Waals surface area contributed by atoms with Crippen molar-refractivity contribution < 1.29 is 14.4 Å². The molecule has 1 aromatic carbocycles. The van der Waals surface area contributed by atoms with Gasteiger partial charge in [-0.2, -0.15) is 0 Å². The SMILES string of the molecule is O=C(Nc1ccc(N2CCCN(C(=O)C3CC3)CC2)c(C(=O)N2CCCCC2)c1)C1CC1. The summed E-state index contributed by atoms with van der Waals surface area (Å²) >= 11 is 0. The third-order valence-corrected chi connectivity index (χ3v) is 7.16. The summed E-state index contributed by atoms with van der Waals surface area (Å²) in [6, 6.07) is 5.77. The normalized spacial score (nSPS) is 21.8. The van der Waals surface area contributed by atoms with Crippen LogP contribution in [0.25, 0.3) is 0 Å². The molecule has 4 fully saturated rings. The molecule has 4 aliphatic rings. The summed E-state index contributed by atoms with van der Waals surface area (Å²) < 4.78 is 0. The zero-order valence-electron chi connectivity index (χ0n) is 18.9. The summed E-state index contributed by atoms with van der Waals surface area (Å²) in [7, 11) is 0. The third-order valence-electron chi connectivity index (χ3n) is 7.16. The summed E-state index contributed by atoms with van der Waals surface area (Å²) in [5.74, 6) is 0.772. The van der Waals surface area contributed by atoms with Gasteiger partial charge in [-0.15, -0.1) is 0 Å². The Morgan fingerprint density at radius 3 is 2.19 bits per heavy atom. The second kappa shape index (κ2) is 9.12. The molecule has 2 saturated heterocycles. The molecule has 0 spiro atoms. The van der Waals surface area contributed by atoms with E-state index in [2.05, 4.69) is 10.2 Å². The van der Waals surface area contributed by atoms with E-state index in [0.717, 1.165) is 83.4 Å². The van der Waals surface area contributed by atoms with Gasteiger partial charge >= 0.3 is 0 Å². The number of nitrogens with zero attached hydrogens (tertiary/aromatic N) is 3. The summed E-state index contributed by atoms with van der Waals surface area (Å²) in [5, 5.41) is 3.00. The maximum atomic E-state index is 13.5. The smallest absolute Gasteiger partial charge is 0.256 e. The molecule has 7 heteroatoms. The van der Waals surface area contributed by atoms with Crippen LogP contribution in [0.1, 0.15) is 61.7 Å². The second-order valence-electron chi connectivity index (χ2n) is 9.79. The number of benzene rings is 1. The fraction of sp³-hybridized carbons (Fsp3) is 0.640. The minimum absolute atomic E-state index is 0.0531. The first-order chi connectivity index (χ1) is 15.6. The van der Waals surface area contributed by atoms with Gasteiger partial charge in [-0.1, -0.05) is 0 Å². The van der Waals surface area contributed by atoms with Crippen LogP contribution < -0.4 is 10.2 Å². The average Bonchev–Trinajstić information content (AvgIpc) is 3.71. The molecule has 0 bridgehead atoms. The van der Waals surface area contributed by atoms with Gasteiger partial charge in [0.15, 0.2) is 0 Å². The van der Waals surface area contributed by atoms with Gasteiger partial charge in [-0.05, 0) is 69.6 Å². The summed E-state index contributed by atoms with van der Waals surface area (Å²) in [6.45, 7) is 4.62. The van der Waals surface area contributed by atoms with Crippen molar-refractivity contribution in [2.24, 2.45) is 11.8 Å². The van der Waals surface area contributed by atoms with Gasteiger partial charge in [0.2, 0.25) is 11.8 Å². The van der Waals surface area contributed by atoms with Crippen molar-refractivity contribution in [1.82, 2.24) is 9.80 Å². The van der Waals surface area contributed by atoms with Gasteiger partial charge in [0.25, 0.3) is 5.91 Å². The molecule has 172 valence electrons. The van der Waals surface area contributed by atoms with Gasteiger partial charge in [-0.25, -0.2) is 0 Å². The van der Waals surface area contributed by atoms with Crippen LogP contribution in [-0.4, -0.2) is 66.8 Å². The van der Waals surface area contributed by atoms with Crippen molar-refractivity contribution in [3.05, 3.63) is 23.8 Å². The number of amides is 3. The maximum Gasteiger partial charge on any atom is 0.256 e. The zero-order chi connectivity index (χ0) is 22.1. The van der Waals surface area contributed by atoms with Crippen LogP contribution in [0.3, 0.4) is 0 Å². The van der Waals surface area contributed by atoms with E-state index >= 15 is 0 Å². The molecule has 0 radical (unpaired) electrons. The van der Waals surface area contributed by atoms with Gasteiger partial charge in [0, 0.05) is 62.5 Å². The lowest BCUT2D eigenvalue weighted by atomic mass is 10.1. The molecular weight excluding hydrogens is 404 g/mol. The molecule has 0 atom stereocenters. The van der Waals surface area contributed by atoms with Crippen LogP contribution in [0, 0.1) is 11.8 Å². The van der Waals surface area contributed by atoms with Gasteiger partial charge < -0.3 is 20.0 Å². The Morgan fingerprint density at radius 2 is 1.47 bits per heavy atom. The Balaban J connectivity index is 1.37. The number of hydrogen-bond donors (Lipinski definition) is 1. The Labute approximate surface area is 190 Å². The zero-order valence-corrected chi connectivity index (χ0v) is 18.9. The quantitative estimate of drug-likeness (QED) is 0.767. The number of hydrogen-bond acceptors (Lipinski definition) is 4. The highest BCUT2D eigenvalue weighted by Gasteiger charge is 2.34. The van der Waals surface area contributed by atoms with E-state index in [1.807, 2.05) is 28.0 Å². The van der Waals surface area contributed by atoms with Crippen molar-refractivity contribution in [3.63, 3.8) is 0 Å². The summed E-state index contributed by atoms with van der Waals surface area (Å²) in [6.07, 6.45) is 8.12. The molecule has 0 unspecified atom stereocenters. The Morgan fingerprint density at radius 1 is 0.750 bits per heavy atom. The molecule has 1 N–H and O–H groups in total. The minimum Gasteiger partial charge on any atom is -0.369 e. The van der Waals surface area contributed by atoms with Crippen LogP contribution in [-0.2, 0) is 9.59 Å². The molecule has 2 saturated carbocycles. The molecule has 5 rings (SSSR count). The number of carbonyl (C=O) groups is 3. The Bertz CT molecular complexity index is 887. The van der Waals surface area contributed by atoms with Crippen LogP contribution in [0.4, 0.5) is 11.4 Å². The maximum absolute atomic E-state index is 13.5. The highest BCUT2D eigenvalue weighted by Crippen LogP contribution is 2.33. The van der Waals surface area contributed by atoms with E-state index in [0.29, 0.717) is 23.7 Å². The fourth-order valence-corrected chi connectivity index (χ4v) is 4.89. The van der Waals surface area contributed by atoms with Crippen LogP contribution in [0.5, 0.6) is 0 Å². The summed E-state index contributed by atoms with van der Waals surface area (Å²) in [5.41, 5.74) is 2.29. The molecule has 3 amide bonds. The molecule has 1 aromatic rings. The van der Waals surface area contributed by atoms with E-state index < -0.39 is 0 Å². The topological polar surface area (TPSA) is 73.0 Å². The van der Waals surface area contributed by atoms with Gasteiger partial charge in [-0.3, -0.25) is 14.4 Å². The Kier molecular flexibility index (Phi) is 6.07. The molecule has 2 aliphatic heterocycles. The molecular formula is C25H34N4O3. The molecule has 0 aromatic heterocycles. The molecule has 2 aliphatic carbocycles. The fourth-order valence-electron chi connectivity index (χ4n) is 4.89. The van der Waals surface area contributed by atoms with Crippen molar-refractivity contribution in [2.75, 3.05) is 49.5 Å². The predicted molar refractivity (Wildman–Crippen MR) is 124 cm³/mol. The molecule has 7 nitrogen and oxygen atoms in total. The first-order valence-corrected chi connectivity index (χ1v) is 12.4. The third kappa shape index (κ3) is 4.76. The Hall–Kier alpha value is -2.57. The van der Waals surface area contributed by atoms with E-state index in [4.69, 9.17) is 0 Å². The number of rotatable bonds is 5. The van der Waals surface area contributed by atoms with Crippen LogP contribution in [0.15, 0.2) is 18.2 Å². The lowest BCUT2D eigenvalue weighted by Gasteiger charge is -2.30. The van der Waals surface area contributed by atoms with E-state index in [1.54, 1.807) is 0 Å². The second-order valence-corrected chi connectivity index (χ2v) is 9.79. The molecule has 2 heterocycles. The monoisotopic (exact) mass is 438 g/mol. The number of carbonyl (C=O) groups excluding carboxylic acids is 3. The highest BCUT2D eigenvalue weighted by molar-refractivity contribution is 6.02. The van der Waals surface area contributed by atoms with E-state index in [9.17, 15) is 14.4 Å². The van der Waals surface area contributed by atoms with Gasteiger partial charge in [0.05, 0.1) is 5.56 Å². The summed E-state index contributed by atoms with van der Waals surface area (Å²) in [4.78, 5) is 44.6. The van der Waals surface area contributed by atoms with Gasteiger partial charge in [0.1, 0.15) is 0 Å². The predicted octanol–water partition coefficient (Wildman–Crippen LogP) is 3.11. The van der Waals surface area contributed by atoms with Crippen LogP contribution >= 0.6 is 0 Å². The lowest BCUT2D eigenvalue weighted by molar-refractivity contribution is -0.132. The first-order valence-electron chi connectivity index (χ1n) is 12.4. The standard InChI is InChI=1S/C25H34N4O3/c30-23(18-5-6-18)26-20-9-10-22(21(17-20)25(32)28-11-2-1-3-12-28)27-13-4-14-29(16-15-27)24(31)19-7-8-19/h9-10,17-19H,1-8,11-16H2,(H,26,30). The number of anilines is 2. The number of piperidine rings is 1. The van der Waals surface area contributed by atoms with Crippen molar-refractivity contribution in [3.8, 4) is 0 Å². The lowest BCUT2D eigenvalue weighted by Crippen LogP contribution is -2.38. The number of nitrogens with one attached hydrogen (secondary N) is 1.